The molecule has 5 heteroatoms. The predicted octanol–water partition coefficient (Wildman–Crippen LogP) is 3.72. The average Bonchev–Trinajstić information content (AvgIpc) is 2.11. The zero-order chi connectivity index (χ0) is 10.7. The fourth-order valence-electron chi connectivity index (χ4n) is 1.23. The molecule has 1 atom stereocenters. The molecule has 0 N–H and O–H groups in total. The van der Waals surface area contributed by atoms with Crippen molar-refractivity contribution in [3.05, 3.63) is 43.9 Å². The zero-order valence-electron chi connectivity index (χ0n) is 7.54. The van der Waals surface area contributed by atoms with E-state index in [-0.39, 0.29) is 4.92 Å². The summed E-state index contributed by atoms with van der Waals surface area (Å²) in [6.07, 6.45) is 0.435. The number of rotatable bonds is 3. The van der Waals surface area contributed by atoms with Gasteiger partial charge in [-0.2, -0.15) is 0 Å². The maximum absolute atomic E-state index is 10.7. The Labute approximate surface area is 91.8 Å². The maximum atomic E-state index is 10.7. The maximum Gasteiger partial charge on any atom is 0.237 e. The fourth-order valence-corrected chi connectivity index (χ4v) is 1.53. The normalized spacial score (nSPS) is 12.5. The van der Waals surface area contributed by atoms with Crippen LogP contribution in [0.5, 0.6) is 0 Å². The molecule has 0 aliphatic rings. The van der Waals surface area contributed by atoms with Crippen LogP contribution >= 0.6 is 23.2 Å². The van der Waals surface area contributed by atoms with Crippen LogP contribution in [0.25, 0.3) is 0 Å². The van der Waals surface area contributed by atoms with Gasteiger partial charge in [0, 0.05) is 16.9 Å². The largest absolute Gasteiger partial charge is 0.264 e. The third kappa shape index (κ3) is 2.36. The molecule has 1 aromatic carbocycles. The summed E-state index contributed by atoms with van der Waals surface area (Å²) in [7, 11) is 0. The van der Waals surface area contributed by atoms with Crippen LogP contribution in [0, 0.1) is 10.1 Å². The highest BCUT2D eigenvalue weighted by atomic mass is 35.5. The summed E-state index contributed by atoms with van der Waals surface area (Å²) in [5.74, 6) is 0. The molecule has 0 bridgehead atoms. The van der Waals surface area contributed by atoms with Gasteiger partial charge in [0.25, 0.3) is 0 Å². The molecule has 0 fully saturated rings. The molecule has 76 valence electrons. The molecule has 1 aromatic rings. The molecular formula is C9H9Cl2NO2. The van der Waals surface area contributed by atoms with E-state index in [0.29, 0.717) is 22.0 Å². The van der Waals surface area contributed by atoms with E-state index in [4.69, 9.17) is 23.2 Å². The summed E-state index contributed by atoms with van der Waals surface area (Å²) in [4.78, 5) is 10.3. The Bertz CT molecular complexity index is 355. The summed E-state index contributed by atoms with van der Waals surface area (Å²) in [5, 5.41) is 11.4. The van der Waals surface area contributed by atoms with Crippen molar-refractivity contribution in [3.63, 3.8) is 0 Å². The first-order chi connectivity index (χ1) is 6.56. The number of hydrogen-bond donors (Lipinski definition) is 0. The third-order valence-corrected chi connectivity index (χ3v) is 2.71. The van der Waals surface area contributed by atoms with Crippen molar-refractivity contribution < 1.29 is 4.92 Å². The molecule has 0 spiro atoms. The van der Waals surface area contributed by atoms with Gasteiger partial charge in [-0.25, -0.2) is 0 Å². The van der Waals surface area contributed by atoms with Crippen LogP contribution in [0.3, 0.4) is 0 Å². The molecule has 3 nitrogen and oxygen atoms in total. The molecule has 14 heavy (non-hydrogen) atoms. The lowest BCUT2D eigenvalue weighted by Gasteiger charge is -2.07. The highest BCUT2D eigenvalue weighted by Crippen LogP contribution is 2.28. The van der Waals surface area contributed by atoms with Gasteiger partial charge in [0.05, 0.1) is 10.0 Å². The van der Waals surface area contributed by atoms with E-state index in [2.05, 4.69) is 0 Å². The average molecular weight is 234 g/mol. The van der Waals surface area contributed by atoms with Gasteiger partial charge in [-0.3, -0.25) is 10.1 Å². The quantitative estimate of drug-likeness (QED) is 0.590. The van der Waals surface area contributed by atoms with E-state index in [1.165, 1.54) is 0 Å². The summed E-state index contributed by atoms with van der Waals surface area (Å²) in [6.45, 7) is 1.76. The first-order valence-corrected chi connectivity index (χ1v) is 4.90. The van der Waals surface area contributed by atoms with E-state index in [1.54, 1.807) is 25.1 Å². The Morgan fingerprint density at radius 1 is 1.43 bits per heavy atom. The van der Waals surface area contributed by atoms with Crippen LogP contribution in [0.4, 0.5) is 0 Å². The van der Waals surface area contributed by atoms with Crippen LogP contribution in [0.2, 0.25) is 10.0 Å². The topological polar surface area (TPSA) is 43.1 Å². The molecule has 0 amide bonds. The highest BCUT2D eigenvalue weighted by Gasteiger charge is 2.20. The van der Waals surface area contributed by atoms with Crippen molar-refractivity contribution in [2.75, 3.05) is 0 Å². The number of nitro groups is 1. The summed E-state index contributed by atoms with van der Waals surface area (Å²) in [5.41, 5.74) is 0.590. The molecule has 0 radical (unpaired) electrons. The second-order valence-corrected chi connectivity index (χ2v) is 3.70. The highest BCUT2D eigenvalue weighted by molar-refractivity contribution is 6.42. The Morgan fingerprint density at radius 3 is 2.50 bits per heavy atom. The minimum Gasteiger partial charge on any atom is -0.264 e. The smallest absolute Gasteiger partial charge is 0.237 e. The molecule has 0 saturated heterocycles. The fraction of sp³-hybridized carbons (Fsp3) is 0.333. The lowest BCUT2D eigenvalue weighted by Crippen LogP contribution is -2.08. The minimum atomic E-state index is -0.704. The van der Waals surface area contributed by atoms with Gasteiger partial charge >= 0.3 is 0 Å². The first kappa shape index (κ1) is 11.3. The monoisotopic (exact) mass is 233 g/mol. The SMILES string of the molecule is CCC(c1ccc(Cl)c(Cl)c1)[N+](=O)[O-]. The lowest BCUT2D eigenvalue weighted by atomic mass is 10.1. The van der Waals surface area contributed by atoms with Crippen molar-refractivity contribution in [1.82, 2.24) is 0 Å². The van der Waals surface area contributed by atoms with E-state index >= 15 is 0 Å². The molecule has 1 unspecified atom stereocenters. The third-order valence-electron chi connectivity index (χ3n) is 1.97. The summed E-state index contributed by atoms with van der Waals surface area (Å²) in [6, 6.07) is 4.04. The molecule has 0 aromatic heterocycles. The van der Waals surface area contributed by atoms with E-state index in [0.717, 1.165) is 0 Å². The first-order valence-electron chi connectivity index (χ1n) is 4.14. The van der Waals surface area contributed by atoms with Crippen molar-refractivity contribution >= 4 is 23.2 Å². The van der Waals surface area contributed by atoms with E-state index < -0.39 is 6.04 Å². The Balaban J connectivity index is 3.06. The summed E-state index contributed by atoms with van der Waals surface area (Å²) < 4.78 is 0. The van der Waals surface area contributed by atoms with Gasteiger partial charge < -0.3 is 0 Å². The minimum absolute atomic E-state index is 0.320. The molecule has 0 saturated carbocycles. The van der Waals surface area contributed by atoms with Crippen LogP contribution in [0.1, 0.15) is 24.9 Å². The predicted molar refractivity (Wildman–Crippen MR) is 56.5 cm³/mol. The van der Waals surface area contributed by atoms with Gasteiger partial charge in [-0.1, -0.05) is 36.2 Å². The van der Waals surface area contributed by atoms with Gasteiger partial charge in [0.15, 0.2) is 0 Å². The van der Waals surface area contributed by atoms with Crippen molar-refractivity contribution in [2.24, 2.45) is 0 Å². The molecule has 0 heterocycles. The molecule has 0 aliphatic carbocycles. The Kier molecular flexibility index (Phi) is 3.72. The number of halogens is 2. The van der Waals surface area contributed by atoms with Gasteiger partial charge in [0.1, 0.15) is 0 Å². The number of benzene rings is 1. The number of hydrogen-bond acceptors (Lipinski definition) is 2. The van der Waals surface area contributed by atoms with E-state index in [9.17, 15) is 10.1 Å². The van der Waals surface area contributed by atoms with Crippen molar-refractivity contribution in [1.29, 1.82) is 0 Å². The van der Waals surface area contributed by atoms with Crippen LogP contribution in [-0.4, -0.2) is 4.92 Å². The number of nitrogens with zero attached hydrogens (tertiary/aromatic N) is 1. The standard InChI is InChI=1S/C9H9Cl2NO2/c1-2-9(12(13)14)6-3-4-7(10)8(11)5-6/h3-5,9H,2H2,1H3. The van der Waals surface area contributed by atoms with Gasteiger partial charge in [-0.15, -0.1) is 0 Å². The van der Waals surface area contributed by atoms with Crippen LogP contribution in [0.15, 0.2) is 18.2 Å². The lowest BCUT2D eigenvalue weighted by molar-refractivity contribution is -0.529. The van der Waals surface area contributed by atoms with Gasteiger partial charge in [0.2, 0.25) is 6.04 Å². The van der Waals surface area contributed by atoms with Gasteiger partial charge in [-0.05, 0) is 12.1 Å². The summed E-state index contributed by atoms with van der Waals surface area (Å²) >= 11 is 11.5. The zero-order valence-corrected chi connectivity index (χ0v) is 9.05. The Hall–Kier alpha value is -0.800. The van der Waals surface area contributed by atoms with Crippen molar-refractivity contribution in [3.8, 4) is 0 Å². The van der Waals surface area contributed by atoms with Crippen molar-refractivity contribution in [2.45, 2.75) is 19.4 Å². The van der Waals surface area contributed by atoms with E-state index in [1.807, 2.05) is 0 Å². The Morgan fingerprint density at radius 2 is 2.07 bits per heavy atom. The van der Waals surface area contributed by atoms with Crippen LogP contribution < -0.4 is 0 Å². The molecule has 1 rings (SSSR count). The second kappa shape index (κ2) is 4.62. The molecular weight excluding hydrogens is 225 g/mol. The second-order valence-electron chi connectivity index (χ2n) is 2.88. The molecule has 0 aliphatic heterocycles. The van der Waals surface area contributed by atoms with Crippen LogP contribution in [-0.2, 0) is 0 Å².